The largest absolute Gasteiger partial charge is 0.385 e. The van der Waals surface area contributed by atoms with E-state index in [1.165, 1.54) is 0 Å². The van der Waals surface area contributed by atoms with Gasteiger partial charge in [-0.25, -0.2) is 0 Å². The second-order valence-corrected chi connectivity index (χ2v) is 3.61. The highest BCUT2D eigenvalue weighted by molar-refractivity contribution is 5.79. The van der Waals surface area contributed by atoms with E-state index in [4.69, 9.17) is 10.00 Å². The Bertz CT molecular complexity index is 247. The van der Waals surface area contributed by atoms with Crippen molar-refractivity contribution in [2.45, 2.75) is 25.8 Å². The molecule has 0 aromatic heterocycles. The monoisotopic (exact) mass is 196 g/mol. The minimum atomic E-state index is -0.134. The Hall–Kier alpha value is -1.08. The van der Waals surface area contributed by atoms with Gasteiger partial charge in [0.05, 0.1) is 12.0 Å². The number of nitriles is 1. The molecule has 1 aliphatic heterocycles. The van der Waals surface area contributed by atoms with Crippen molar-refractivity contribution >= 4 is 5.91 Å². The molecule has 0 bridgehead atoms. The third-order valence-electron chi connectivity index (χ3n) is 2.70. The smallest absolute Gasteiger partial charge is 0.224 e. The van der Waals surface area contributed by atoms with Gasteiger partial charge in [0.1, 0.15) is 0 Å². The van der Waals surface area contributed by atoms with Crippen molar-refractivity contribution in [3.63, 3.8) is 0 Å². The van der Waals surface area contributed by atoms with Crippen LogP contribution in [0.4, 0.5) is 0 Å². The van der Waals surface area contributed by atoms with E-state index in [0.717, 1.165) is 6.42 Å². The number of methoxy groups -OCH3 is 1. The van der Waals surface area contributed by atoms with E-state index in [0.29, 0.717) is 19.6 Å². The summed E-state index contributed by atoms with van der Waals surface area (Å²) in [5.74, 6) is -0.0369. The molecule has 2 atom stereocenters. The number of hydrogen-bond acceptors (Lipinski definition) is 3. The Balaban J connectivity index is 2.45. The summed E-state index contributed by atoms with van der Waals surface area (Å²) in [6, 6.07) is 2.23. The van der Waals surface area contributed by atoms with Crippen molar-refractivity contribution in [1.29, 1.82) is 5.26 Å². The molecular weight excluding hydrogens is 180 g/mol. The van der Waals surface area contributed by atoms with Crippen LogP contribution >= 0.6 is 0 Å². The van der Waals surface area contributed by atoms with Gasteiger partial charge in [0, 0.05) is 32.7 Å². The molecule has 1 fully saturated rings. The molecule has 0 aliphatic carbocycles. The number of amides is 1. The van der Waals surface area contributed by atoms with Crippen LogP contribution in [0.5, 0.6) is 0 Å². The number of likely N-dealkylation sites (tertiary alicyclic amines) is 1. The molecule has 0 radical (unpaired) electrons. The van der Waals surface area contributed by atoms with E-state index in [1.54, 1.807) is 12.0 Å². The van der Waals surface area contributed by atoms with Gasteiger partial charge in [-0.05, 0) is 13.3 Å². The molecule has 0 N–H and O–H groups in total. The first-order valence-corrected chi connectivity index (χ1v) is 4.88. The van der Waals surface area contributed by atoms with Gasteiger partial charge in [0.2, 0.25) is 5.91 Å². The van der Waals surface area contributed by atoms with Gasteiger partial charge in [-0.3, -0.25) is 4.79 Å². The van der Waals surface area contributed by atoms with Gasteiger partial charge in [0.15, 0.2) is 0 Å². The molecule has 1 rings (SSSR count). The van der Waals surface area contributed by atoms with Gasteiger partial charge in [-0.2, -0.15) is 5.26 Å². The lowest BCUT2D eigenvalue weighted by molar-refractivity contribution is -0.128. The van der Waals surface area contributed by atoms with Gasteiger partial charge in [-0.1, -0.05) is 0 Å². The molecule has 14 heavy (non-hydrogen) atoms. The number of hydrogen-bond donors (Lipinski definition) is 0. The fourth-order valence-corrected chi connectivity index (χ4v) is 1.78. The Morgan fingerprint density at radius 2 is 2.43 bits per heavy atom. The first-order chi connectivity index (χ1) is 6.70. The zero-order valence-corrected chi connectivity index (χ0v) is 8.69. The highest BCUT2D eigenvalue weighted by atomic mass is 16.5. The van der Waals surface area contributed by atoms with Gasteiger partial charge in [0.25, 0.3) is 0 Å². The van der Waals surface area contributed by atoms with Crippen LogP contribution in [0.1, 0.15) is 19.8 Å². The molecule has 1 heterocycles. The second kappa shape index (κ2) is 4.97. The first-order valence-electron chi connectivity index (χ1n) is 4.88. The average Bonchev–Trinajstić information content (AvgIpc) is 2.45. The van der Waals surface area contributed by atoms with Crippen LogP contribution in [0.25, 0.3) is 0 Å². The lowest BCUT2D eigenvalue weighted by Gasteiger charge is -2.22. The molecular formula is C10H16N2O2. The maximum atomic E-state index is 11.5. The summed E-state index contributed by atoms with van der Waals surface area (Å²) >= 11 is 0. The molecule has 0 spiro atoms. The summed E-state index contributed by atoms with van der Waals surface area (Å²) in [5, 5.41) is 8.79. The van der Waals surface area contributed by atoms with Crippen LogP contribution < -0.4 is 0 Å². The Morgan fingerprint density at radius 1 is 1.71 bits per heavy atom. The molecule has 4 heteroatoms. The highest BCUT2D eigenvalue weighted by Crippen LogP contribution is 2.24. The maximum Gasteiger partial charge on any atom is 0.224 e. The number of carbonyl (C=O) groups excluding carboxylic acids is 1. The molecule has 1 amide bonds. The fourth-order valence-electron chi connectivity index (χ4n) is 1.78. The third kappa shape index (κ3) is 2.24. The standard InChI is InChI=1S/C10H16N2O2/c1-8-9(7-11)6-10(13)12(8)4-3-5-14-2/h8-9H,3-6H2,1-2H3. The van der Waals surface area contributed by atoms with E-state index in [9.17, 15) is 4.79 Å². The second-order valence-electron chi connectivity index (χ2n) is 3.61. The Morgan fingerprint density at radius 3 is 2.93 bits per heavy atom. The van der Waals surface area contributed by atoms with E-state index >= 15 is 0 Å². The molecule has 78 valence electrons. The van der Waals surface area contributed by atoms with Gasteiger partial charge >= 0.3 is 0 Å². The minimum Gasteiger partial charge on any atom is -0.385 e. The molecule has 0 saturated carbocycles. The number of rotatable bonds is 4. The fraction of sp³-hybridized carbons (Fsp3) is 0.800. The average molecular weight is 196 g/mol. The van der Waals surface area contributed by atoms with Crippen LogP contribution in [0, 0.1) is 17.2 Å². The SMILES string of the molecule is COCCCN1C(=O)CC(C#N)C1C. The minimum absolute atomic E-state index is 0.0596. The van der Waals surface area contributed by atoms with E-state index in [-0.39, 0.29) is 17.9 Å². The Kier molecular flexibility index (Phi) is 3.90. The molecule has 1 aliphatic rings. The van der Waals surface area contributed by atoms with Crippen molar-refractivity contribution in [2.24, 2.45) is 5.92 Å². The summed E-state index contributed by atoms with van der Waals surface area (Å²) in [7, 11) is 1.65. The third-order valence-corrected chi connectivity index (χ3v) is 2.70. The van der Waals surface area contributed by atoms with E-state index < -0.39 is 0 Å². The summed E-state index contributed by atoms with van der Waals surface area (Å²) < 4.78 is 4.92. The van der Waals surface area contributed by atoms with Crippen LogP contribution in [-0.2, 0) is 9.53 Å². The van der Waals surface area contributed by atoms with Crippen LogP contribution in [-0.4, -0.2) is 37.1 Å². The van der Waals surface area contributed by atoms with Gasteiger partial charge in [-0.15, -0.1) is 0 Å². The number of nitrogens with zero attached hydrogens (tertiary/aromatic N) is 2. The molecule has 0 aromatic carbocycles. The van der Waals surface area contributed by atoms with Crippen molar-refractivity contribution in [2.75, 3.05) is 20.3 Å². The number of carbonyl (C=O) groups is 1. The van der Waals surface area contributed by atoms with E-state index in [2.05, 4.69) is 6.07 Å². The molecule has 1 saturated heterocycles. The highest BCUT2D eigenvalue weighted by Gasteiger charge is 2.36. The maximum absolute atomic E-state index is 11.5. The zero-order valence-electron chi connectivity index (χ0n) is 8.69. The zero-order chi connectivity index (χ0) is 10.6. The summed E-state index contributed by atoms with van der Waals surface area (Å²) in [6.45, 7) is 3.30. The quantitative estimate of drug-likeness (QED) is 0.624. The molecule has 0 aromatic rings. The van der Waals surface area contributed by atoms with Crippen LogP contribution in [0.15, 0.2) is 0 Å². The lowest BCUT2D eigenvalue weighted by Crippen LogP contribution is -2.34. The van der Waals surface area contributed by atoms with Crippen LogP contribution in [0.2, 0.25) is 0 Å². The number of ether oxygens (including phenoxy) is 1. The summed E-state index contributed by atoms with van der Waals surface area (Å²) in [4.78, 5) is 13.3. The normalized spacial score (nSPS) is 26.6. The van der Waals surface area contributed by atoms with Crippen LogP contribution in [0.3, 0.4) is 0 Å². The summed E-state index contributed by atoms with van der Waals surface area (Å²) in [6.07, 6.45) is 1.22. The van der Waals surface area contributed by atoms with Crippen molar-refractivity contribution < 1.29 is 9.53 Å². The molecule has 2 unspecified atom stereocenters. The Labute approximate surface area is 84.4 Å². The predicted molar refractivity (Wildman–Crippen MR) is 51.4 cm³/mol. The van der Waals surface area contributed by atoms with Gasteiger partial charge < -0.3 is 9.64 Å². The predicted octanol–water partition coefficient (Wildman–Crippen LogP) is 0.783. The lowest BCUT2D eigenvalue weighted by atomic mass is 10.0. The van der Waals surface area contributed by atoms with Crippen molar-refractivity contribution in [3.8, 4) is 6.07 Å². The van der Waals surface area contributed by atoms with E-state index in [1.807, 2.05) is 6.92 Å². The van der Waals surface area contributed by atoms with Crippen molar-refractivity contribution in [1.82, 2.24) is 4.90 Å². The summed E-state index contributed by atoms with van der Waals surface area (Å²) in [5.41, 5.74) is 0. The van der Waals surface area contributed by atoms with Crippen molar-refractivity contribution in [3.05, 3.63) is 0 Å². The molecule has 4 nitrogen and oxygen atoms in total. The first kappa shape index (κ1) is 11.0. The topological polar surface area (TPSA) is 53.3 Å².